The Morgan fingerprint density at radius 1 is 1.28 bits per heavy atom. The molecule has 0 bridgehead atoms. The summed E-state index contributed by atoms with van der Waals surface area (Å²) in [6.07, 6.45) is 1.98. The van der Waals surface area contributed by atoms with Gasteiger partial charge in [0.15, 0.2) is 0 Å². The summed E-state index contributed by atoms with van der Waals surface area (Å²) >= 11 is 0. The fourth-order valence-electron chi connectivity index (χ4n) is 3.19. The fraction of sp³-hybridized carbons (Fsp3) is 0.929. The molecule has 1 N–H and O–H groups in total. The zero-order valence-electron chi connectivity index (χ0n) is 12.3. The van der Waals surface area contributed by atoms with Gasteiger partial charge in [0.1, 0.15) is 5.60 Å². The summed E-state index contributed by atoms with van der Waals surface area (Å²) in [6, 6.07) is 0. The molecule has 2 aliphatic rings. The third-order valence-electron chi connectivity index (χ3n) is 4.02. The Kier molecular flexibility index (Phi) is 3.13. The van der Waals surface area contributed by atoms with Gasteiger partial charge < -0.3 is 15.0 Å². The van der Waals surface area contributed by atoms with E-state index in [-0.39, 0.29) is 11.6 Å². The van der Waals surface area contributed by atoms with E-state index in [1.807, 2.05) is 25.7 Å². The number of piperidine rings is 1. The van der Waals surface area contributed by atoms with Crippen molar-refractivity contribution in [1.29, 1.82) is 0 Å². The largest absolute Gasteiger partial charge is 0.444 e. The maximum Gasteiger partial charge on any atom is 0.410 e. The van der Waals surface area contributed by atoms with Crippen LogP contribution in [0.1, 0.15) is 47.5 Å². The van der Waals surface area contributed by atoms with Crippen molar-refractivity contribution in [2.45, 2.75) is 58.6 Å². The van der Waals surface area contributed by atoms with Gasteiger partial charge in [-0.1, -0.05) is 0 Å². The summed E-state index contributed by atoms with van der Waals surface area (Å²) in [6.45, 7) is 13.0. The average Bonchev–Trinajstić information content (AvgIpc) is 2.10. The second-order valence-corrected chi connectivity index (χ2v) is 7.47. The quantitative estimate of drug-likeness (QED) is 0.721. The Hall–Kier alpha value is -0.770. The lowest BCUT2D eigenvalue weighted by atomic mass is 9.67. The summed E-state index contributed by atoms with van der Waals surface area (Å²) < 4.78 is 5.50. The Balaban J connectivity index is 2.04. The second kappa shape index (κ2) is 4.12. The van der Waals surface area contributed by atoms with Crippen LogP contribution in [0.3, 0.4) is 0 Å². The number of hydrogen-bond donors (Lipinski definition) is 1. The molecule has 0 unspecified atom stereocenters. The highest BCUT2D eigenvalue weighted by Gasteiger charge is 2.49. The number of ether oxygens (including phenoxy) is 1. The summed E-state index contributed by atoms with van der Waals surface area (Å²) in [5.74, 6) is 0. The first-order valence-electron chi connectivity index (χ1n) is 6.85. The van der Waals surface area contributed by atoms with Crippen molar-refractivity contribution in [3.63, 3.8) is 0 Å². The summed E-state index contributed by atoms with van der Waals surface area (Å²) in [5.41, 5.74) is -0.106. The Morgan fingerprint density at radius 2 is 1.89 bits per heavy atom. The lowest BCUT2D eigenvalue weighted by molar-refractivity contribution is -0.0470. The number of rotatable bonds is 0. The van der Waals surface area contributed by atoms with E-state index in [0.29, 0.717) is 5.41 Å². The van der Waals surface area contributed by atoms with Crippen LogP contribution >= 0.6 is 0 Å². The van der Waals surface area contributed by atoms with E-state index < -0.39 is 5.60 Å². The highest BCUT2D eigenvalue weighted by molar-refractivity contribution is 5.69. The number of amides is 1. The average molecular weight is 254 g/mol. The monoisotopic (exact) mass is 254 g/mol. The van der Waals surface area contributed by atoms with Gasteiger partial charge in [-0.2, -0.15) is 0 Å². The van der Waals surface area contributed by atoms with Crippen LogP contribution < -0.4 is 5.32 Å². The van der Waals surface area contributed by atoms with Crippen LogP contribution in [0.5, 0.6) is 0 Å². The second-order valence-electron chi connectivity index (χ2n) is 7.47. The van der Waals surface area contributed by atoms with Gasteiger partial charge in [0.05, 0.1) is 0 Å². The molecule has 0 aromatic carbocycles. The Morgan fingerprint density at radius 3 is 2.28 bits per heavy atom. The molecule has 18 heavy (non-hydrogen) atoms. The maximum absolute atomic E-state index is 12.2. The molecule has 1 amide bonds. The van der Waals surface area contributed by atoms with Gasteiger partial charge in [0, 0.05) is 25.2 Å². The van der Waals surface area contributed by atoms with Crippen molar-refractivity contribution < 1.29 is 9.53 Å². The maximum atomic E-state index is 12.2. The molecular weight excluding hydrogens is 228 g/mol. The van der Waals surface area contributed by atoms with Gasteiger partial charge in [0.2, 0.25) is 0 Å². The Labute approximate surface area is 110 Å². The number of hydrogen-bond acceptors (Lipinski definition) is 3. The molecule has 0 aromatic heterocycles. The van der Waals surface area contributed by atoms with Crippen LogP contribution in [0.15, 0.2) is 0 Å². The van der Waals surface area contributed by atoms with Gasteiger partial charge in [-0.3, -0.25) is 0 Å². The van der Waals surface area contributed by atoms with Crippen molar-refractivity contribution in [3.05, 3.63) is 0 Å². The summed E-state index contributed by atoms with van der Waals surface area (Å²) in [7, 11) is 0. The lowest BCUT2D eigenvalue weighted by Crippen LogP contribution is -2.65. The third kappa shape index (κ3) is 2.63. The first-order chi connectivity index (χ1) is 8.14. The van der Waals surface area contributed by atoms with Crippen LogP contribution in [0.4, 0.5) is 4.79 Å². The molecule has 104 valence electrons. The van der Waals surface area contributed by atoms with Crippen LogP contribution in [0.2, 0.25) is 0 Å². The van der Waals surface area contributed by atoms with Gasteiger partial charge in [0.25, 0.3) is 0 Å². The first kappa shape index (κ1) is 13.7. The van der Waals surface area contributed by atoms with Crippen LogP contribution in [0.25, 0.3) is 0 Å². The minimum absolute atomic E-state index is 0.108. The van der Waals surface area contributed by atoms with Gasteiger partial charge in [-0.25, -0.2) is 4.79 Å². The standard InChI is InChI=1S/C14H26N2O2/c1-12(2,3)18-11(17)16-7-6-14(9-15-10-14)8-13(16,4)5/h15H,6-10H2,1-5H3. The van der Waals surface area contributed by atoms with Gasteiger partial charge in [-0.15, -0.1) is 0 Å². The van der Waals surface area contributed by atoms with Gasteiger partial charge in [-0.05, 0) is 52.9 Å². The molecule has 2 fully saturated rings. The predicted octanol–water partition coefficient (Wildman–Crippen LogP) is 2.39. The van der Waals surface area contributed by atoms with E-state index in [9.17, 15) is 4.79 Å². The van der Waals surface area contributed by atoms with E-state index in [0.717, 1.165) is 32.5 Å². The normalized spacial score (nSPS) is 25.7. The van der Waals surface area contributed by atoms with Crippen LogP contribution in [0, 0.1) is 5.41 Å². The SMILES string of the molecule is CC(C)(C)OC(=O)N1CCC2(CNC2)CC1(C)C. The fourth-order valence-corrected chi connectivity index (χ4v) is 3.19. The van der Waals surface area contributed by atoms with Crippen molar-refractivity contribution in [2.75, 3.05) is 19.6 Å². The summed E-state index contributed by atoms with van der Waals surface area (Å²) in [5, 5.41) is 3.36. The molecule has 2 aliphatic heterocycles. The third-order valence-corrected chi connectivity index (χ3v) is 4.02. The highest BCUT2D eigenvalue weighted by atomic mass is 16.6. The van der Waals surface area contributed by atoms with Gasteiger partial charge >= 0.3 is 6.09 Å². The van der Waals surface area contributed by atoms with Crippen LogP contribution in [-0.2, 0) is 4.74 Å². The van der Waals surface area contributed by atoms with Crippen molar-refractivity contribution in [1.82, 2.24) is 10.2 Å². The van der Waals surface area contributed by atoms with Crippen molar-refractivity contribution >= 4 is 6.09 Å². The number of nitrogens with one attached hydrogen (secondary N) is 1. The van der Waals surface area contributed by atoms with E-state index >= 15 is 0 Å². The molecule has 0 atom stereocenters. The van der Waals surface area contributed by atoms with E-state index in [1.54, 1.807) is 0 Å². The molecule has 4 nitrogen and oxygen atoms in total. The molecule has 1 spiro atoms. The van der Waals surface area contributed by atoms with E-state index in [2.05, 4.69) is 19.2 Å². The van der Waals surface area contributed by atoms with E-state index in [1.165, 1.54) is 0 Å². The van der Waals surface area contributed by atoms with Crippen molar-refractivity contribution in [3.8, 4) is 0 Å². The van der Waals surface area contributed by atoms with Crippen LogP contribution in [-0.4, -0.2) is 41.8 Å². The zero-order chi connectivity index (χ0) is 13.6. The van der Waals surface area contributed by atoms with E-state index in [4.69, 9.17) is 4.74 Å². The highest BCUT2D eigenvalue weighted by Crippen LogP contribution is 2.43. The smallest absolute Gasteiger partial charge is 0.410 e. The number of carbonyl (C=O) groups is 1. The Bertz CT molecular complexity index is 340. The molecule has 0 radical (unpaired) electrons. The summed E-state index contributed by atoms with van der Waals surface area (Å²) in [4.78, 5) is 14.1. The molecular formula is C14H26N2O2. The molecule has 2 heterocycles. The molecule has 4 heteroatoms. The van der Waals surface area contributed by atoms with Crippen molar-refractivity contribution in [2.24, 2.45) is 5.41 Å². The molecule has 0 aliphatic carbocycles. The number of nitrogens with zero attached hydrogens (tertiary/aromatic N) is 1. The zero-order valence-corrected chi connectivity index (χ0v) is 12.3. The molecule has 0 aromatic rings. The number of likely N-dealkylation sites (tertiary alicyclic amines) is 1. The first-order valence-corrected chi connectivity index (χ1v) is 6.85. The predicted molar refractivity (Wildman–Crippen MR) is 71.6 cm³/mol. The molecule has 2 rings (SSSR count). The minimum Gasteiger partial charge on any atom is -0.444 e. The lowest BCUT2D eigenvalue weighted by Gasteiger charge is -2.55. The molecule has 0 saturated carbocycles. The topological polar surface area (TPSA) is 41.6 Å². The molecule has 2 saturated heterocycles. The number of carbonyl (C=O) groups excluding carboxylic acids is 1. The minimum atomic E-state index is -0.416.